The quantitative estimate of drug-likeness (QED) is 0.717. The van der Waals surface area contributed by atoms with E-state index in [4.69, 9.17) is 16.3 Å². The zero-order chi connectivity index (χ0) is 13.7. The molecule has 0 spiro atoms. The number of hydrogen-bond donors (Lipinski definition) is 0. The molecule has 2 aliphatic rings. The molecule has 102 valence electrons. The van der Waals surface area contributed by atoms with Gasteiger partial charge in [-0.05, 0) is 36.9 Å². The molecular formula is C17H16ClNO. The Morgan fingerprint density at radius 1 is 1.00 bits per heavy atom. The molecule has 3 heteroatoms. The van der Waals surface area contributed by atoms with Crippen molar-refractivity contribution in [3.05, 3.63) is 58.6 Å². The van der Waals surface area contributed by atoms with Crippen molar-refractivity contribution in [1.82, 2.24) is 4.90 Å². The Morgan fingerprint density at radius 3 is 2.55 bits per heavy atom. The minimum Gasteiger partial charge on any atom is -0.457 e. The van der Waals surface area contributed by atoms with Gasteiger partial charge in [0, 0.05) is 35.5 Å². The van der Waals surface area contributed by atoms with E-state index in [9.17, 15) is 0 Å². The Hall–Kier alpha value is -1.51. The highest BCUT2D eigenvalue weighted by Gasteiger charge is 2.38. The van der Waals surface area contributed by atoms with Crippen LogP contribution < -0.4 is 4.74 Å². The highest BCUT2D eigenvalue weighted by atomic mass is 35.5. The van der Waals surface area contributed by atoms with E-state index in [2.05, 4.69) is 36.2 Å². The summed E-state index contributed by atoms with van der Waals surface area (Å²) in [5, 5.41) is 0.784. The minimum absolute atomic E-state index is 0.456. The molecule has 4 rings (SSSR count). The number of para-hydroxylation sites is 1. The summed E-state index contributed by atoms with van der Waals surface area (Å²) in [6.45, 7) is 2.12. The van der Waals surface area contributed by atoms with Gasteiger partial charge >= 0.3 is 0 Å². The fourth-order valence-electron chi connectivity index (χ4n) is 3.53. The van der Waals surface area contributed by atoms with Crippen LogP contribution in [-0.4, -0.2) is 25.0 Å². The number of hydrogen-bond acceptors (Lipinski definition) is 2. The molecule has 2 aromatic carbocycles. The number of benzene rings is 2. The maximum absolute atomic E-state index is 6.20. The van der Waals surface area contributed by atoms with Gasteiger partial charge in [0.15, 0.2) is 0 Å². The average Bonchev–Trinajstić information content (AvgIpc) is 2.78. The van der Waals surface area contributed by atoms with Crippen molar-refractivity contribution in [2.75, 3.05) is 20.1 Å². The lowest BCUT2D eigenvalue weighted by molar-refractivity contribution is 0.401. The van der Waals surface area contributed by atoms with Gasteiger partial charge in [0.05, 0.1) is 0 Å². The Kier molecular flexibility index (Phi) is 2.76. The van der Waals surface area contributed by atoms with Crippen LogP contribution in [0.25, 0.3) is 0 Å². The molecule has 1 fully saturated rings. The fourth-order valence-corrected chi connectivity index (χ4v) is 3.71. The number of nitrogens with zero attached hydrogens (tertiary/aromatic N) is 1. The Balaban J connectivity index is 1.93. The molecule has 2 heterocycles. The first-order valence-corrected chi connectivity index (χ1v) is 7.35. The zero-order valence-corrected chi connectivity index (χ0v) is 12.1. The molecule has 0 bridgehead atoms. The van der Waals surface area contributed by atoms with Crippen LogP contribution >= 0.6 is 11.6 Å². The summed E-state index contributed by atoms with van der Waals surface area (Å²) in [4.78, 5) is 2.39. The van der Waals surface area contributed by atoms with Crippen LogP contribution in [0.2, 0.25) is 5.02 Å². The molecule has 0 unspecified atom stereocenters. The molecule has 0 saturated carbocycles. The summed E-state index contributed by atoms with van der Waals surface area (Å²) in [5.74, 6) is 2.87. The summed E-state index contributed by atoms with van der Waals surface area (Å²) < 4.78 is 6.15. The predicted molar refractivity (Wildman–Crippen MR) is 80.9 cm³/mol. The average molecular weight is 286 g/mol. The van der Waals surface area contributed by atoms with E-state index < -0.39 is 0 Å². The van der Waals surface area contributed by atoms with Crippen LogP contribution in [0.1, 0.15) is 23.0 Å². The van der Waals surface area contributed by atoms with Gasteiger partial charge < -0.3 is 9.64 Å². The third kappa shape index (κ3) is 1.83. The molecule has 0 aromatic heterocycles. The lowest BCUT2D eigenvalue weighted by Crippen LogP contribution is -2.14. The molecule has 2 aromatic rings. The number of rotatable bonds is 0. The van der Waals surface area contributed by atoms with E-state index >= 15 is 0 Å². The zero-order valence-electron chi connectivity index (χ0n) is 11.3. The fraction of sp³-hybridized carbons (Fsp3) is 0.294. The summed E-state index contributed by atoms with van der Waals surface area (Å²) in [6, 6.07) is 14.4. The van der Waals surface area contributed by atoms with Crippen molar-refractivity contribution in [3.8, 4) is 11.5 Å². The van der Waals surface area contributed by atoms with Crippen LogP contribution in [0.5, 0.6) is 11.5 Å². The van der Waals surface area contributed by atoms with Crippen LogP contribution in [0.3, 0.4) is 0 Å². The number of likely N-dealkylation sites (N-methyl/N-ethyl adjacent to an activating group) is 1. The van der Waals surface area contributed by atoms with E-state index in [0.717, 1.165) is 29.6 Å². The van der Waals surface area contributed by atoms with Crippen molar-refractivity contribution in [2.24, 2.45) is 0 Å². The molecule has 0 radical (unpaired) electrons. The van der Waals surface area contributed by atoms with Crippen molar-refractivity contribution in [2.45, 2.75) is 11.8 Å². The molecule has 20 heavy (non-hydrogen) atoms. The first kappa shape index (κ1) is 12.2. The number of likely N-dealkylation sites (tertiary alicyclic amines) is 1. The molecule has 2 aliphatic heterocycles. The van der Waals surface area contributed by atoms with Crippen molar-refractivity contribution < 1.29 is 4.74 Å². The van der Waals surface area contributed by atoms with Gasteiger partial charge in [-0.3, -0.25) is 0 Å². The molecule has 0 amide bonds. The van der Waals surface area contributed by atoms with E-state index in [1.54, 1.807) is 0 Å². The molecule has 2 atom stereocenters. The monoisotopic (exact) mass is 285 g/mol. The van der Waals surface area contributed by atoms with E-state index in [1.807, 2.05) is 18.2 Å². The third-order valence-electron chi connectivity index (χ3n) is 4.41. The van der Waals surface area contributed by atoms with E-state index in [1.165, 1.54) is 11.1 Å². The summed E-state index contributed by atoms with van der Waals surface area (Å²) in [5.41, 5.74) is 2.55. The van der Waals surface area contributed by atoms with Crippen LogP contribution in [0.4, 0.5) is 0 Å². The van der Waals surface area contributed by atoms with Crippen LogP contribution in [-0.2, 0) is 0 Å². The smallest absolute Gasteiger partial charge is 0.131 e. The molecule has 0 aliphatic carbocycles. The topological polar surface area (TPSA) is 12.5 Å². The predicted octanol–water partition coefficient (Wildman–Crippen LogP) is 4.26. The van der Waals surface area contributed by atoms with Crippen LogP contribution in [0, 0.1) is 0 Å². The first-order chi connectivity index (χ1) is 9.72. The lowest BCUT2D eigenvalue weighted by Gasteiger charge is -2.17. The van der Waals surface area contributed by atoms with Gasteiger partial charge in [-0.1, -0.05) is 29.8 Å². The second-order valence-corrected chi connectivity index (χ2v) is 6.19. The van der Waals surface area contributed by atoms with Crippen molar-refractivity contribution >= 4 is 11.6 Å². The number of fused-ring (bicyclic) bond motifs is 5. The van der Waals surface area contributed by atoms with Gasteiger partial charge in [-0.15, -0.1) is 0 Å². The van der Waals surface area contributed by atoms with Crippen molar-refractivity contribution in [3.63, 3.8) is 0 Å². The summed E-state index contributed by atoms with van der Waals surface area (Å²) >= 11 is 6.20. The summed E-state index contributed by atoms with van der Waals surface area (Å²) in [6.07, 6.45) is 0. The first-order valence-electron chi connectivity index (χ1n) is 6.97. The Labute approximate surface area is 123 Å². The highest BCUT2D eigenvalue weighted by molar-refractivity contribution is 6.30. The maximum Gasteiger partial charge on any atom is 0.131 e. The standard InChI is InChI=1S/C17H16ClNO/c1-19-9-14-12-4-2-3-5-16(12)20-17-7-6-11(18)8-13(17)15(14)10-19/h2-8,14-15H,9-10H2,1H3/t14-,15+/m1/s1. The van der Waals surface area contributed by atoms with Gasteiger partial charge in [0.2, 0.25) is 0 Å². The normalized spacial score (nSPS) is 24.3. The molecule has 1 saturated heterocycles. The second-order valence-electron chi connectivity index (χ2n) is 5.76. The maximum atomic E-state index is 6.20. The summed E-state index contributed by atoms with van der Waals surface area (Å²) in [7, 11) is 2.18. The van der Waals surface area contributed by atoms with Crippen molar-refractivity contribution in [1.29, 1.82) is 0 Å². The van der Waals surface area contributed by atoms with Gasteiger partial charge in [-0.25, -0.2) is 0 Å². The Bertz CT molecular complexity index is 670. The van der Waals surface area contributed by atoms with E-state index in [-0.39, 0.29) is 0 Å². The highest BCUT2D eigenvalue weighted by Crippen LogP contribution is 2.49. The molecule has 0 N–H and O–H groups in total. The van der Waals surface area contributed by atoms with Gasteiger partial charge in [0.25, 0.3) is 0 Å². The SMILES string of the molecule is CN1C[C@@H]2c3ccccc3Oc3ccc(Cl)cc3[C@@H]2C1. The third-order valence-corrected chi connectivity index (χ3v) is 4.65. The minimum atomic E-state index is 0.456. The van der Waals surface area contributed by atoms with Crippen LogP contribution in [0.15, 0.2) is 42.5 Å². The second kappa shape index (κ2) is 4.51. The van der Waals surface area contributed by atoms with Gasteiger partial charge in [0.1, 0.15) is 11.5 Å². The lowest BCUT2D eigenvalue weighted by atomic mass is 9.84. The molecular weight excluding hydrogens is 270 g/mol. The number of halogens is 1. The molecule has 2 nitrogen and oxygen atoms in total. The Morgan fingerprint density at radius 2 is 1.70 bits per heavy atom. The largest absolute Gasteiger partial charge is 0.457 e. The number of ether oxygens (including phenoxy) is 1. The van der Waals surface area contributed by atoms with Gasteiger partial charge in [-0.2, -0.15) is 0 Å². The van der Waals surface area contributed by atoms with E-state index in [0.29, 0.717) is 11.8 Å².